The van der Waals surface area contributed by atoms with Crippen molar-refractivity contribution in [3.63, 3.8) is 0 Å². The van der Waals surface area contributed by atoms with E-state index in [1.165, 1.54) is 5.56 Å². The monoisotopic (exact) mass is 300 g/mol. The third-order valence-electron chi connectivity index (χ3n) is 3.34. The number of hydrogen-bond acceptors (Lipinski definition) is 4. The van der Waals surface area contributed by atoms with Gasteiger partial charge >= 0.3 is 0 Å². The summed E-state index contributed by atoms with van der Waals surface area (Å²) in [5, 5.41) is 3.24. The second kappa shape index (κ2) is 7.13. The summed E-state index contributed by atoms with van der Waals surface area (Å²) >= 11 is 4.96. The molecule has 0 aliphatic heterocycles. The van der Waals surface area contributed by atoms with Crippen molar-refractivity contribution in [2.45, 2.75) is 26.2 Å². The lowest BCUT2D eigenvalue weighted by Gasteiger charge is -2.13. The van der Waals surface area contributed by atoms with Crippen molar-refractivity contribution in [2.75, 3.05) is 11.9 Å². The summed E-state index contributed by atoms with van der Waals surface area (Å²) in [5.41, 5.74) is 8.42. The molecule has 0 bridgehead atoms. The van der Waals surface area contributed by atoms with Crippen molar-refractivity contribution in [1.29, 1.82) is 0 Å². The molecule has 3 N–H and O–H groups in total. The summed E-state index contributed by atoms with van der Waals surface area (Å²) in [7, 11) is 0. The first kappa shape index (κ1) is 15.4. The Bertz CT molecular complexity index is 613. The van der Waals surface area contributed by atoms with Gasteiger partial charge in [-0.3, -0.25) is 0 Å². The van der Waals surface area contributed by atoms with Gasteiger partial charge in [0.1, 0.15) is 10.7 Å². The molecule has 1 heterocycles. The van der Waals surface area contributed by atoms with Crippen LogP contribution in [0.15, 0.2) is 36.4 Å². The van der Waals surface area contributed by atoms with Crippen LogP contribution in [0.3, 0.4) is 0 Å². The number of benzene rings is 1. The van der Waals surface area contributed by atoms with Gasteiger partial charge in [-0.05, 0) is 30.9 Å². The van der Waals surface area contributed by atoms with Gasteiger partial charge in [0.25, 0.3) is 0 Å². The van der Waals surface area contributed by atoms with E-state index < -0.39 is 0 Å². The Labute approximate surface area is 130 Å². The molecule has 0 fully saturated rings. The summed E-state index contributed by atoms with van der Waals surface area (Å²) < 4.78 is 0. The number of rotatable bonds is 6. The van der Waals surface area contributed by atoms with Crippen molar-refractivity contribution in [1.82, 2.24) is 9.97 Å². The van der Waals surface area contributed by atoms with Crippen LogP contribution < -0.4 is 11.1 Å². The Hall–Kier alpha value is -2.01. The number of hydrogen-bond donors (Lipinski definition) is 2. The van der Waals surface area contributed by atoms with Crippen LogP contribution in [0.4, 0.5) is 5.95 Å². The Morgan fingerprint density at radius 3 is 2.67 bits per heavy atom. The van der Waals surface area contributed by atoms with Gasteiger partial charge in [-0.2, -0.15) is 0 Å². The molecule has 0 aliphatic rings. The van der Waals surface area contributed by atoms with E-state index in [9.17, 15) is 0 Å². The number of nitrogens with one attached hydrogen (secondary N) is 1. The first-order chi connectivity index (χ1) is 10.1. The summed E-state index contributed by atoms with van der Waals surface area (Å²) in [6.45, 7) is 4.92. The molecule has 1 unspecified atom stereocenters. The highest BCUT2D eigenvalue weighted by Crippen LogP contribution is 2.18. The highest BCUT2D eigenvalue weighted by Gasteiger charge is 2.07. The molecule has 2 aromatic rings. The molecule has 21 heavy (non-hydrogen) atoms. The van der Waals surface area contributed by atoms with Gasteiger partial charge in [-0.1, -0.05) is 49.5 Å². The fourth-order valence-electron chi connectivity index (χ4n) is 2.12. The zero-order chi connectivity index (χ0) is 15.2. The van der Waals surface area contributed by atoms with Gasteiger partial charge in [0.05, 0.1) is 0 Å². The van der Waals surface area contributed by atoms with Crippen LogP contribution >= 0.6 is 12.2 Å². The molecule has 1 aromatic heterocycles. The Balaban J connectivity index is 1.93. The van der Waals surface area contributed by atoms with Gasteiger partial charge in [-0.25, -0.2) is 9.97 Å². The van der Waals surface area contributed by atoms with E-state index in [4.69, 9.17) is 18.0 Å². The van der Waals surface area contributed by atoms with Crippen molar-refractivity contribution < 1.29 is 0 Å². The fraction of sp³-hybridized carbons (Fsp3) is 0.312. The van der Waals surface area contributed by atoms with E-state index in [-0.39, 0.29) is 0 Å². The van der Waals surface area contributed by atoms with E-state index in [2.05, 4.69) is 46.5 Å². The van der Waals surface area contributed by atoms with E-state index in [1.807, 2.05) is 13.0 Å². The molecule has 110 valence electrons. The minimum atomic E-state index is 0.293. The first-order valence-electron chi connectivity index (χ1n) is 7.00. The van der Waals surface area contributed by atoms with Crippen LogP contribution in [0, 0.1) is 6.92 Å². The van der Waals surface area contributed by atoms with Crippen molar-refractivity contribution in [3.8, 4) is 0 Å². The third kappa shape index (κ3) is 4.49. The fourth-order valence-corrected chi connectivity index (χ4v) is 2.23. The van der Waals surface area contributed by atoms with Gasteiger partial charge in [-0.15, -0.1) is 0 Å². The van der Waals surface area contributed by atoms with Crippen LogP contribution in [-0.4, -0.2) is 21.5 Å². The summed E-state index contributed by atoms with van der Waals surface area (Å²) in [6, 6.07) is 12.3. The largest absolute Gasteiger partial charge is 0.388 e. The number of nitrogens with two attached hydrogens (primary N) is 1. The molecule has 2 rings (SSSR count). The minimum absolute atomic E-state index is 0.293. The maximum Gasteiger partial charge on any atom is 0.223 e. The molecule has 5 heteroatoms. The van der Waals surface area contributed by atoms with Crippen LogP contribution in [0.2, 0.25) is 0 Å². The predicted molar refractivity (Wildman–Crippen MR) is 90.6 cm³/mol. The molecule has 0 aliphatic carbocycles. The normalized spacial score (nSPS) is 11.9. The zero-order valence-corrected chi connectivity index (χ0v) is 13.2. The van der Waals surface area contributed by atoms with Crippen molar-refractivity contribution in [3.05, 3.63) is 53.3 Å². The Morgan fingerprint density at radius 1 is 1.29 bits per heavy atom. The molecule has 1 atom stereocenters. The topological polar surface area (TPSA) is 63.8 Å². The van der Waals surface area contributed by atoms with Gasteiger partial charge in [0, 0.05) is 12.2 Å². The second-order valence-corrected chi connectivity index (χ2v) is 5.55. The SMILES string of the molecule is Cc1cc(C(N)=S)nc(NCCC(C)c2ccccc2)n1. The number of thiocarbonyl (C=S) groups is 1. The van der Waals surface area contributed by atoms with Crippen LogP contribution in [0.25, 0.3) is 0 Å². The molecule has 1 aromatic carbocycles. The molecule has 0 spiro atoms. The molecule has 0 amide bonds. The highest BCUT2D eigenvalue weighted by atomic mass is 32.1. The molecule has 0 radical (unpaired) electrons. The highest BCUT2D eigenvalue weighted by molar-refractivity contribution is 7.80. The van der Waals surface area contributed by atoms with Crippen molar-refractivity contribution >= 4 is 23.2 Å². The molecular formula is C16H20N4S. The lowest BCUT2D eigenvalue weighted by Crippen LogP contribution is -2.15. The first-order valence-corrected chi connectivity index (χ1v) is 7.41. The summed E-state index contributed by atoms with van der Waals surface area (Å²) in [4.78, 5) is 8.96. The molecule has 4 nitrogen and oxygen atoms in total. The minimum Gasteiger partial charge on any atom is -0.388 e. The second-order valence-electron chi connectivity index (χ2n) is 5.11. The van der Waals surface area contributed by atoms with Crippen LogP contribution in [0.5, 0.6) is 0 Å². The van der Waals surface area contributed by atoms with Gasteiger partial charge < -0.3 is 11.1 Å². The number of aryl methyl sites for hydroxylation is 1. The van der Waals surface area contributed by atoms with E-state index >= 15 is 0 Å². The lowest BCUT2D eigenvalue weighted by atomic mass is 9.98. The average Bonchev–Trinajstić information content (AvgIpc) is 2.47. The average molecular weight is 300 g/mol. The molecule has 0 saturated carbocycles. The molecule has 0 saturated heterocycles. The quantitative estimate of drug-likeness (QED) is 0.803. The summed E-state index contributed by atoms with van der Waals surface area (Å²) in [6.07, 6.45) is 1.00. The van der Waals surface area contributed by atoms with Crippen molar-refractivity contribution in [2.24, 2.45) is 5.73 Å². The predicted octanol–water partition coefficient (Wildman–Crippen LogP) is 3.02. The Kier molecular flexibility index (Phi) is 5.22. The third-order valence-corrected chi connectivity index (χ3v) is 3.54. The summed E-state index contributed by atoms with van der Waals surface area (Å²) in [5.74, 6) is 1.07. The number of anilines is 1. The van der Waals surface area contributed by atoms with Crippen LogP contribution in [0.1, 0.15) is 36.2 Å². The maximum atomic E-state index is 5.62. The van der Waals surface area contributed by atoms with Gasteiger partial charge in [0.15, 0.2) is 0 Å². The van der Waals surface area contributed by atoms with Crippen LogP contribution in [-0.2, 0) is 0 Å². The van der Waals surface area contributed by atoms with E-state index in [0.717, 1.165) is 18.7 Å². The molecular weight excluding hydrogens is 280 g/mol. The Morgan fingerprint density at radius 2 is 2.00 bits per heavy atom. The smallest absolute Gasteiger partial charge is 0.223 e. The number of aromatic nitrogens is 2. The van der Waals surface area contributed by atoms with E-state index in [1.54, 1.807) is 6.07 Å². The van der Waals surface area contributed by atoms with Gasteiger partial charge in [0.2, 0.25) is 5.95 Å². The standard InChI is InChI=1S/C16H20N4S/c1-11(13-6-4-3-5-7-13)8-9-18-16-19-12(2)10-14(20-16)15(17)21/h3-7,10-11H,8-9H2,1-2H3,(H2,17,21)(H,18,19,20). The zero-order valence-electron chi connectivity index (χ0n) is 12.3. The number of nitrogens with zero attached hydrogens (tertiary/aromatic N) is 2. The van der Waals surface area contributed by atoms with E-state index in [0.29, 0.717) is 22.5 Å². The maximum absolute atomic E-state index is 5.62. The lowest BCUT2D eigenvalue weighted by molar-refractivity contribution is 0.703.